The van der Waals surface area contributed by atoms with Crippen molar-refractivity contribution in [1.29, 1.82) is 0 Å². The highest BCUT2D eigenvalue weighted by atomic mass is 32.1. The number of esters is 1. The first kappa shape index (κ1) is 16.0. The summed E-state index contributed by atoms with van der Waals surface area (Å²) in [6.07, 6.45) is 3.75. The van der Waals surface area contributed by atoms with Gasteiger partial charge >= 0.3 is 5.97 Å². The van der Waals surface area contributed by atoms with Crippen LogP contribution in [0.1, 0.15) is 53.7 Å². The fourth-order valence-electron chi connectivity index (χ4n) is 2.64. The van der Waals surface area contributed by atoms with Crippen LogP contribution in [0.25, 0.3) is 0 Å². The molecule has 2 atom stereocenters. The number of likely N-dealkylation sites (N-methyl/N-ethyl adjacent to an activating group) is 1. The van der Waals surface area contributed by atoms with Crippen LogP contribution in [-0.2, 0) is 22.4 Å². The molecule has 1 aliphatic rings. The largest absolute Gasteiger partial charge is 0.448 e. The molecule has 1 N–H and O–H groups in total. The standard InChI is InChI=1S/C16H23NO3S/c1-4-11-6-7-13-12(8-11)9-14(21-13)16(19)20-10(3)15(18)17-5-2/h9-11H,4-8H2,1-3H3,(H,17,18)/t10-,11+/m1/s1. The molecule has 0 aromatic carbocycles. The third kappa shape index (κ3) is 3.84. The van der Waals surface area contributed by atoms with E-state index in [1.54, 1.807) is 6.92 Å². The van der Waals surface area contributed by atoms with Crippen molar-refractivity contribution in [3.05, 3.63) is 21.4 Å². The predicted molar refractivity (Wildman–Crippen MR) is 83.7 cm³/mol. The fraction of sp³-hybridized carbons (Fsp3) is 0.625. The van der Waals surface area contributed by atoms with Crippen molar-refractivity contribution in [2.24, 2.45) is 5.92 Å². The Morgan fingerprint density at radius 1 is 1.48 bits per heavy atom. The van der Waals surface area contributed by atoms with Gasteiger partial charge in [-0.3, -0.25) is 4.79 Å². The minimum Gasteiger partial charge on any atom is -0.448 e. The summed E-state index contributed by atoms with van der Waals surface area (Å²) in [7, 11) is 0. The molecular formula is C16H23NO3S. The molecule has 1 aliphatic carbocycles. The Balaban J connectivity index is 2.01. The van der Waals surface area contributed by atoms with Crippen LogP contribution in [-0.4, -0.2) is 24.5 Å². The summed E-state index contributed by atoms with van der Waals surface area (Å²) >= 11 is 1.52. The van der Waals surface area contributed by atoms with Crippen LogP contribution in [0.2, 0.25) is 0 Å². The lowest BCUT2D eigenvalue weighted by Crippen LogP contribution is -2.35. The fourth-order valence-corrected chi connectivity index (χ4v) is 3.73. The number of carbonyl (C=O) groups is 2. The molecule has 1 heterocycles. The summed E-state index contributed by atoms with van der Waals surface area (Å²) in [5.74, 6) is 0.0876. The van der Waals surface area contributed by atoms with E-state index in [0.29, 0.717) is 11.4 Å². The maximum atomic E-state index is 12.1. The number of rotatable bonds is 5. The molecule has 21 heavy (non-hydrogen) atoms. The highest BCUT2D eigenvalue weighted by Crippen LogP contribution is 2.33. The summed E-state index contributed by atoms with van der Waals surface area (Å²) in [6.45, 7) is 6.19. The van der Waals surface area contributed by atoms with Crippen molar-refractivity contribution in [2.45, 2.75) is 52.6 Å². The van der Waals surface area contributed by atoms with E-state index < -0.39 is 6.10 Å². The Labute approximate surface area is 129 Å². The van der Waals surface area contributed by atoms with E-state index in [1.807, 2.05) is 13.0 Å². The predicted octanol–water partition coefficient (Wildman–Crippen LogP) is 2.94. The minimum absolute atomic E-state index is 0.252. The van der Waals surface area contributed by atoms with E-state index in [2.05, 4.69) is 12.2 Å². The highest BCUT2D eigenvalue weighted by molar-refractivity contribution is 7.14. The van der Waals surface area contributed by atoms with Crippen LogP contribution in [0.4, 0.5) is 0 Å². The Morgan fingerprint density at radius 3 is 2.90 bits per heavy atom. The van der Waals surface area contributed by atoms with E-state index in [9.17, 15) is 9.59 Å². The van der Waals surface area contributed by atoms with Gasteiger partial charge < -0.3 is 10.1 Å². The van der Waals surface area contributed by atoms with Crippen LogP contribution in [0.5, 0.6) is 0 Å². The molecule has 4 nitrogen and oxygen atoms in total. The van der Waals surface area contributed by atoms with Gasteiger partial charge in [0.15, 0.2) is 6.10 Å². The van der Waals surface area contributed by atoms with E-state index in [1.165, 1.54) is 34.6 Å². The van der Waals surface area contributed by atoms with Gasteiger partial charge in [-0.2, -0.15) is 0 Å². The molecule has 5 heteroatoms. The summed E-state index contributed by atoms with van der Waals surface area (Å²) in [5, 5.41) is 2.65. The highest BCUT2D eigenvalue weighted by Gasteiger charge is 2.24. The Bertz CT molecular complexity index is 524. The number of hydrogen-bond donors (Lipinski definition) is 1. The number of amides is 1. The van der Waals surface area contributed by atoms with E-state index in [4.69, 9.17) is 4.74 Å². The number of thiophene rings is 1. The summed E-state index contributed by atoms with van der Waals surface area (Å²) in [6, 6.07) is 1.95. The lowest BCUT2D eigenvalue weighted by molar-refractivity contribution is -0.128. The molecular weight excluding hydrogens is 286 g/mol. The number of ether oxygens (including phenoxy) is 1. The Kier molecular flexibility index (Phi) is 5.39. The first-order valence-electron chi connectivity index (χ1n) is 7.65. The summed E-state index contributed by atoms with van der Waals surface area (Å²) < 4.78 is 5.24. The summed E-state index contributed by atoms with van der Waals surface area (Å²) in [4.78, 5) is 25.7. The van der Waals surface area contributed by atoms with E-state index in [0.717, 1.165) is 18.8 Å². The van der Waals surface area contributed by atoms with Crippen LogP contribution in [0.15, 0.2) is 6.07 Å². The second-order valence-electron chi connectivity index (χ2n) is 5.52. The summed E-state index contributed by atoms with van der Waals surface area (Å²) in [5.41, 5.74) is 1.29. The van der Waals surface area contributed by atoms with E-state index in [-0.39, 0.29) is 11.9 Å². The van der Waals surface area contributed by atoms with Crippen molar-refractivity contribution < 1.29 is 14.3 Å². The lowest BCUT2D eigenvalue weighted by Gasteiger charge is -2.19. The van der Waals surface area contributed by atoms with E-state index >= 15 is 0 Å². The number of nitrogens with one attached hydrogen (secondary N) is 1. The van der Waals surface area contributed by atoms with Crippen LogP contribution in [0, 0.1) is 5.92 Å². The third-order valence-corrected chi connectivity index (χ3v) is 5.18. The molecule has 0 fully saturated rings. The first-order chi connectivity index (χ1) is 10.0. The molecule has 0 aliphatic heterocycles. The first-order valence-corrected chi connectivity index (χ1v) is 8.47. The molecule has 0 unspecified atom stereocenters. The quantitative estimate of drug-likeness (QED) is 0.851. The lowest BCUT2D eigenvalue weighted by atomic mass is 9.87. The average Bonchev–Trinajstić information content (AvgIpc) is 2.90. The maximum absolute atomic E-state index is 12.1. The number of fused-ring (bicyclic) bond motifs is 1. The van der Waals surface area contributed by atoms with Gasteiger partial charge in [0.2, 0.25) is 0 Å². The van der Waals surface area contributed by atoms with Gasteiger partial charge in [-0.25, -0.2) is 4.79 Å². The zero-order valence-corrected chi connectivity index (χ0v) is 13.7. The molecule has 2 rings (SSSR count). The van der Waals surface area contributed by atoms with Crippen molar-refractivity contribution in [2.75, 3.05) is 6.54 Å². The molecule has 1 amide bonds. The molecule has 0 radical (unpaired) electrons. The number of aryl methyl sites for hydroxylation is 1. The van der Waals surface area contributed by atoms with Crippen molar-refractivity contribution >= 4 is 23.2 Å². The molecule has 1 aromatic heterocycles. The van der Waals surface area contributed by atoms with Crippen LogP contribution < -0.4 is 5.32 Å². The van der Waals surface area contributed by atoms with Gasteiger partial charge in [0, 0.05) is 11.4 Å². The second-order valence-corrected chi connectivity index (χ2v) is 6.66. The van der Waals surface area contributed by atoms with Gasteiger partial charge in [0.25, 0.3) is 5.91 Å². The van der Waals surface area contributed by atoms with Gasteiger partial charge in [0.05, 0.1) is 0 Å². The SMILES string of the molecule is CCNC(=O)[C@@H](C)OC(=O)c1cc2c(s1)CC[C@H](CC)C2. The molecule has 0 bridgehead atoms. The molecule has 116 valence electrons. The average molecular weight is 309 g/mol. The minimum atomic E-state index is -0.750. The molecule has 0 saturated carbocycles. The van der Waals surface area contributed by atoms with Gasteiger partial charge in [-0.15, -0.1) is 11.3 Å². The van der Waals surface area contributed by atoms with Crippen molar-refractivity contribution in [1.82, 2.24) is 5.32 Å². The normalized spacial score (nSPS) is 18.7. The topological polar surface area (TPSA) is 55.4 Å². The smallest absolute Gasteiger partial charge is 0.349 e. The van der Waals surface area contributed by atoms with Crippen LogP contribution >= 0.6 is 11.3 Å². The molecule has 1 aromatic rings. The van der Waals surface area contributed by atoms with Gasteiger partial charge in [-0.1, -0.05) is 13.3 Å². The molecule has 0 spiro atoms. The second kappa shape index (κ2) is 7.07. The number of hydrogen-bond acceptors (Lipinski definition) is 4. The zero-order chi connectivity index (χ0) is 15.4. The molecule has 0 saturated heterocycles. The Morgan fingerprint density at radius 2 is 2.24 bits per heavy atom. The van der Waals surface area contributed by atoms with Crippen molar-refractivity contribution in [3.8, 4) is 0 Å². The van der Waals surface area contributed by atoms with Crippen molar-refractivity contribution in [3.63, 3.8) is 0 Å². The Hall–Kier alpha value is -1.36. The number of carbonyl (C=O) groups excluding carboxylic acids is 2. The monoisotopic (exact) mass is 309 g/mol. The van der Waals surface area contributed by atoms with Gasteiger partial charge in [-0.05, 0) is 50.7 Å². The maximum Gasteiger partial charge on any atom is 0.349 e. The zero-order valence-electron chi connectivity index (χ0n) is 12.9. The van der Waals surface area contributed by atoms with Gasteiger partial charge in [0.1, 0.15) is 4.88 Å². The third-order valence-electron chi connectivity index (χ3n) is 3.97. The van der Waals surface area contributed by atoms with Crippen LogP contribution in [0.3, 0.4) is 0 Å².